The van der Waals surface area contributed by atoms with Crippen LogP contribution < -0.4 is 5.32 Å². The van der Waals surface area contributed by atoms with Crippen molar-refractivity contribution in [1.82, 2.24) is 10.3 Å². The van der Waals surface area contributed by atoms with Crippen LogP contribution in [0.15, 0.2) is 35.8 Å². The first-order valence-corrected chi connectivity index (χ1v) is 6.81. The molecule has 0 aliphatic rings. The fraction of sp³-hybridized carbons (Fsp3) is 0.357. The van der Waals surface area contributed by atoms with Gasteiger partial charge in [0.25, 0.3) is 0 Å². The van der Waals surface area contributed by atoms with Crippen molar-refractivity contribution >= 4 is 11.3 Å². The highest BCUT2D eigenvalue weighted by Crippen LogP contribution is 2.14. The maximum absolute atomic E-state index is 4.24. The van der Waals surface area contributed by atoms with Gasteiger partial charge in [0, 0.05) is 24.7 Å². The van der Waals surface area contributed by atoms with Crippen LogP contribution in [0.2, 0.25) is 0 Å². The Labute approximate surface area is 107 Å². The molecule has 3 heteroatoms. The van der Waals surface area contributed by atoms with Gasteiger partial charge in [-0.15, -0.1) is 11.3 Å². The summed E-state index contributed by atoms with van der Waals surface area (Å²) in [6.07, 6.45) is 1.85. The lowest BCUT2D eigenvalue weighted by Gasteiger charge is -2.07. The van der Waals surface area contributed by atoms with Crippen molar-refractivity contribution in [3.05, 3.63) is 52.0 Å². The van der Waals surface area contributed by atoms with Gasteiger partial charge in [-0.2, -0.15) is 0 Å². The molecule has 0 unspecified atom stereocenters. The van der Waals surface area contributed by atoms with Crippen LogP contribution in [0.3, 0.4) is 0 Å². The number of thiazole rings is 1. The summed E-state index contributed by atoms with van der Waals surface area (Å²) in [6, 6.07) is 8.82. The molecule has 0 atom stereocenters. The summed E-state index contributed by atoms with van der Waals surface area (Å²) in [6.45, 7) is 6.19. The van der Waals surface area contributed by atoms with Crippen molar-refractivity contribution in [3.8, 4) is 0 Å². The fourth-order valence-corrected chi connectivity index (χ4v) is 2.26. The Bertz CT molecular complexity index is 432. The van der Waals surface area contributed by atoms with Gasteiger partial charge in [0.05, 0.1) is 0 Å². The highest BCUT2D eigenvalue weighted by atomic mass is 32.1. The van der Waals surface area contributed by atoms with Gasteiger partial charge in [-0.3, -0.25) is 0 Å². The molecular weight excluding hydrogens is 228 g/mol. The number of hydrogen-bond acceptors (Lipinski definition) is 3. The van der Waals surface area contributed by atoms with Crippen molar-refractivity contribution < 1.29 is 0 Å². The molecule has 0 spiro atoms. The zero-order valence-electron chi connectivity index (χ0n) is 10.3. The van der Waals surface area contributed by atoms with Gasteiger partial charge in [0.15, 0.2) is 0 Å². The Balaban J connectivity index is 1.83. The molecule has 2 nitrogen and oxygen atoms in total. The van der Waals surface area contributed by atoms with E-state index in [0.717, 1.165) is 18.1 Å². The van der Waals surface area contributed by atoms with Crippen LogP contribution >= 0.6 is 11.3 Å². The maximum Gasteiger partial charge on any atom is 0.106 e. The summed E-state index contributed by atoms with van der Waals surface area (Å²) in [5.74, 6) is 0.604. The zero-order chi connectivity index (χ0) is 12.1. The molecule has 0 amide bonds. The lowest BCUT2D eigenvalue weighted by Crippen LogP contribution is -2.12. The molecule has 17 heavy (non-hydrogen) atoms. The molecule has 2 rings (SSSR count). The molecule has 0 saturated heterocycles. The van der Waals surface area contributed by atoms with E-state index in [2.05, 4.69) is 48.4 Å². The van der Waals surface area contributed by atoms with E-state index in [1.54, 1.807) is 11.3 Å². The second-order valence-corrected chi connectivity index (χ2v) is 5.40. The largest absolute Gasteiger partial charge is 0.306 e. The van der Waals surface area contributed by atoms with Crippen LogP contribution in [-0.4, -0.2) is 4.98 Å². The van der Waals surface area contributed by atoms with E-state index in [-0.39, 0.29) is 0 Å². The first-order valence-electron chi connectivity index (χ1n) is 5.93. The Morgan fingerprint density at radius 3 is 2.53 bits per heavy atom. The third kappa shape index (κ3) is 3.65. The van der Waals surface area contributed by atoms with E-state index in [9.17, 15) is 0 Å². The van der Waals surface area contributed by atoms with E-state index >= 15 is 0 Å². The first kappa shape index (κ1) is 12.3. The second-order valence-electron chi connectivity index (χ2n) is 4.43. The Hall–Kier alpha value is -1.19. The predicted molar refractivity (Wildman–Crippen MR) is 73.2 cm³/mol. The topological polar surface area (TPSA) is 24.9 Å². The average Bonchev–Trinajstić information content (AvgIpc) is 2.83. The summed E-state index contributed by atoms with van der Waals surface area (Å²) < 4.78 is 0. The Kier molecular flexibility index (Phi) is 4.29. The minimum Gasteiger partial charge on any atom is -0.306 e. The smallest absolute Gasteiger partial charge is 0.106 e. The minimum atomic E-state index is 0.604. The summed E-state index contributed by atoms with van der Waals surface area (Å²) in [5.41, 5.74) is 2.72. The summed E-state index contributed by atoms with van der Waals surface area (Å²) in [4.78, 5) is 4.24. The molecule has 1 N–H and O–H groups in total. The van der Waals surface area contributed by atoms with Crippen LogP contribution in [-0.2, 0) is 13.1 Å². The second kappa shape index (κ2) is 5.94. The number of nitrogens with one attached hydrogen (secondary N) is 1. The average molecular weight is 246 g/mol. The molecule has 1 aromatic carbocycles. The lowest BCUT2D eigenvalue weighted by atomic mass is 10.0. The molecule has 0 aliphatic heterocycles. The number of benzene rings is 1. The fourth-order valence-electron chi connectivity index (χ4n) is 1.67. The number of nitrogens with zero attached hydrogens (tertiary/aromatic N) is 1. The third-order valence-electron chi connectivity index (χ3n) is 2.74. The van der Waals surface area contributed by atoms with Crippen LogP contribution in [0.5, 0.6) is 0 Å². The van der Waals surface area contributed by atoms with E-state index < -0.39 is 0 Å². The standard InChI is InChI=1S/C14H18N2S/c1-11(2)13-5-3-12(4-6-13)9-15-10-14-16-7-8-17-14/h3-8,11,15H,9-10H2,1-2H3. The molecule has 1 heterocycles. The summed E-state index contributed by atoms with van der Waals surface area (Å²) in [7, 11) is 0. The van der Waals surface area contributed by atoms with Crippen molar-refractivity contribution in [2.24, 2.45) is 0 Å². The first-order chi connectivity index (χ1) is 8.25. The number of aromatic nitrogens is 1. The van der Waals surface area contributed by atoms with Gasteiger partial charge in [0.1, 0.15) is 5.01 Å². The normalized spacial score (nSPS) is 11.0. The molecular formula is C14H18N2S. The zero-order valence-corrected chi connectivity index (χ0v) is 11.1. The van der Waals surface area contributed by atoms with E-state index in [1.807, 2.05) is 11.6 Å². The highest BCUT2D eigenvalue weighted by molar-refractivity contribution is 7.09. The Morgan fingerprint density at radius 1 is 1.18 bits per heavy atom. The van der Waals surface area contributed by atoms with E-state index in [4.69, 9.17) is 0 Å². The summed E-state index contributed by atoms with van der Waals surface area (Å²) in [5, 5.41) is 6.55. The van der Waals surface area contributed by atoms with Gasteiger partial charge < -0.3 is 5.32 Å². The van der Waals surface area contributed by atoms with Crippen molar-refractivity contribution in [2.75, 3.05) is 0 Å². The molecule has 0 aliphatic carbocycles. The van der Waals surface area contributed by atoms with Crippen molar-refractivity contribution in [2.45, 2.75) is 32.9 Å². The highest BCUT2D eigenvalue weighted by Gasteiger charge is 1.99. The van der Waals surface area contributed by atoms with Gasteiger partial charge in [0.2, 0.25) is 0 Å². The van der Waals surface area contributed by atoms with Gasteiger partial charge in [-0.25, -0.2) is 4.98 Å². The quantitative estimate of drug-likeness (QED) is 0.872. The van der Waals surface area contributed by atoms with Crippen LogP contribution in [0.1, 0.15) is 35.9 Å². The minimum absolute atomic E-state index is 0.604. The third-order valence-corrected chi connectivity index (χ3v) is 3.51. The monoisotopic (exact) mass is 246 g/mol. The predicted octanol–water partition coefficient (Wildman–Crippen LogP) is 3.56. The van der Waals surface area contributed by atoms with Crippen molar-refractivity contribution in [3.63, 3.8) is 0 Å². The molecule has 0 fully saturated rings. The molecule has 0 saturated carbocycles. The van der Waals surface area contributed by atoms with Gasteiger partial charge in [-0.1, -0.05) is 38.1 Å². The van der Waals surface area contributed by atoms with Crippen molar-refractivity contribution in [1.29, 1.82) is 0 Å². The lowest BCUT2D eigenvalue weighted by molar-refractivity contribution is 0.689. The number of hydrogen-bond donors (Lipinski definition) is 1. The Morgan fingerprint density at radius 2 is 1.94 bits per heavy atom. The van der Waals surface area contributed by atoms with E-state index in [0.29, 0.717) is 5.92 Å². The van der Waals surface area contributed by atoms with Crippen LogP contribution in [0, 0.1) is 0 Å². The molecule has 90 valence electrons. The number of rotatable bonds is 5. The van der Waals surface area contributed by atoms with Gasteiger partial charge >= 0.3 is 0 Å². The van der Waals surface area contributed by atoms with Crippen LogP contribution in [0.4, 0.5) is 0 Å². The molecule has 0 radical (unpaired) electrons. The van der Waals surface area contributed by atoms with E-state index in [1.165, 1.54) is 11.1 Å². The molecule has 2 aromatic rings. The van der Waals surface area contributed by atoms with Crippen LogP contribution in [0.25, 0.3) is 0 Å². The molecule has 1 aromatic heterocycles. The maximum atomic E-state index is 4.24. The van der Waals surface area contributed by atoms with Gasteiger partial charge in [-0.05, 0) is 17.0 Å². The molecule has 0 bridgehead atoms. The summed E-state index contributed by atoms with van der Waals surface area (Å²) >= 11 is 1.69. The SMILES string of the molecule is CC(C)c1ccc(CNCc2nccs2)cc1.